The molecule has 0 unspecified atom stereocenters. The lowest BCUT2D eigenvalue weighted by Crippen LogP contribution is -2.38. The van der Waals surface area contributed by atoms with E-state index in [9.17, 15) is 9.59 Å². The topological polar surface area (TPSA) is 74.2 Å². The zero-order valence-corrected chi connectivity index (χ0v) is 21.6. The van der Waals surface area contributed by atoms with Gasteiger partial charge in [0.1, 0.15) is 5.75 Å². The highest BCUT2D eigenvalue weighted by atomic mass is 16.5. The van der Waals surface area contributed by atoms with Crippen LogP contribution in [0.15, 0.2) is 77.9 Å². The lowest BCUT2D eigenvalue weighted by atomic mass is 9.99. The lowest BCUT2D eigenvalue weighted by molar-refractivity contribution is -0.134. The van der Waals surface area contributed by atoms with Crippen molar-refractivity contribution in [3.8, 4) is 5.75 Å². The monoisotopic (exact) mass is 510 g/mol. The SMILES string of the molecule is O=C(N/N=C/c1ccc(OCC(=O)N2CCCCC2)cc1)c1ccc(CN2CCc3ccccc3C2)cc1. The number of hydrazone groups is 1. The molecule has 7 nitrogen and oxygen atoms in total. The normalized spacial score (nSPS) is 15.7. The van der Waals surface area contributed by atoms with E-state index in [1.165, 1.54) is 23.1 Å². The highest BCUT2D eigenvalue weighted by molar-refractivity contribution is 5.94. The molecule has 7 heteroatoms. The van der Waals surface area contributed by atoms with Crippen molar-refractivity contribution < 1.29 is 14.3 Å². The molecule has 2 aliphatic heterocycles. The van der Waals surface area contributed by atoms with Crippen molar-refractivity contribution in [2.45, 2.75) is 38.8 Å². The zero-order chi connectivity index (χ0) is 26.2. The van der Waals surface area contributed by atoms with Gasteiger partial charge < -0.3 is 9.64 Å². The highest BCUT2D eigenvalue weighted by Crippen LogP contribution is 2.20. The zero-order valence-electron chi connectivity index (χ0n) is 21.6. The van der Waals surface area contributed by atoms with Crippen LogP contribution in [0.2, 0.25) is 0 Å². The van der Waals surface area contributed by atoms with Crippen molar-refractivity contribution in [2.75, 3.05) is 26.2 Å². The fourth-order valence-corrected chi connectivity index (χ4v) is 4.97. The van der Waals surface area contributed by atoms with Crippen molar-refractivity contribution in [2.24, 2.45) is 5.10 Å². The number of ether oxygens (including phenoxy) is 1. The number of nitrogens with zero attached hydrogens (tertiary/aromatic N) is 3. The summed E-state index contributed by atoms with van der Waals surface area (Å²) in [5.41, 5.74) is 8.00. The van der Waals surface area contributed by atoms with Crippen LogP contribution < -0.4 is 10.2 Å². The molecule has 2 amide bonds. The van der Waals surface area contributed by atoms with Crippen LogP contribution in [0.4, 0.5) is 0 Å². The average molecular weight is 511 g/mol. The van der Waals surface area contributed by atoms with Crippen LogP contribution in [0, 0.1) is 0 Å². The van der Waals surface area contributed by atoms with Gasteiger partial charge >= 0.3 is 0 Å². The number of rotatable bonds is 8. The van der Waals surface area contributed by atoms with E-state index >= 15 is 0 Å². The largest absolute Gasteiger partial charge is 0.484 e. The molecule has 2 aliphatic rings. The Morgan fingerprint density at radius 1 is 0.868 bits per heavy atom. The van der Waals surface area contributed by atoms with Crippen LogP contribution in [0.25, 0.3) is 0 Å². The average Bonchev–Trinajstić information content (AvgIpc) is 2.97. The molecule has 38 heavy (non-hydrogen) atoms. The maximum atomic E-state index is 12.5. The second-order valence-electron chi connectivity index (χ2n) is 9.92. The summed E-state index contributed by atoms with van der Waals surface area (Å²) in [5, 5.41) is 4.09. The van der Waals surface area contributed by atoms with Crippen molar-refractivity contribution in [3.05, 3.63) is 101 Å². The van der Waals surface area contributed by atoms with Crippen molar-refractivity contribution in [3.63, 3.8) is 0 Å². The molecule has 0 aliphatic carbocycles. The lowest BCUT2D eigenvalue weighted by Gasteiger charge is -2.28. The number of fused-ring (bicyclic) bond motifs is 1. The number of hydrogen-bond acceptors (Lipinski definition) is 5. The number of benzene rings is 3. The Kier molecular flexibility index (Phi) is 8.46. The summed E-state index contributed by atoms with van der Waals surface area (Å²) in [5.74, 6) is 0.407. The predicted octanol–water partition coefficient (Wildman–Crippen LogP) is 4.40. The van der Waals surface area contributed by atoms with Gasteiger partial charge in [-0.05, 0) is 84.3 Å². The van der Waals surface area contributed by atoms with Gasteiger partial charge in [-0.3, -0.25) is 14.5 Å². The Bertz CT molecular complexity index is 1270. The van der Waals surface area contributed by atoms with Gasteiger partial charge in [-0.15, -0.1) is 0 Å². The molecule has 2 heterocycles. The quantitative estimate of drug-likeness (QED) is 0.360. The van der Waals surface area contributed by atoms with Gasteiger partial charge in [-0.1, -0.05) is 36.4 Å². The van der Waals surface area contributed by atoms with E-state index in [4.69, 9.17) is 4.74 Å². The van der Waals surface area contributed by atoms with Crippen LogP contribution in [-0.4, -0.2) is 54.1 Å². The van der Waals surface area contributed by atoms with Gasteiger partial charge in [0, 0.05) is 38.3 Å². The summed E-state index contributed by atoms with van der Waals surface area (Å²) in [6.07, 6.45) is 5.98. The second kappa shape index (κ2) is 12.5. The van der Waals surface area contributed by atoms with Gasteiger partial charge in [-0.2, -0.15) is 5.10 Å². The summed E-state index contributed by atoms with van der Waals surface area (Å²) in [6.45, 7) is 4.55. The number of hydrogen-bond donors (Lipinski definition) is 1. The predicted molar refractivity (Wildman–Crippen MR) is 148 cm³/mol. The minimum Gasteiger partial charge on any atom is -0.484 e. The summed E-state index contributed by atoms with van der Waals surface area (Å²) < 4.78 is 5.64. The van der Waals surface area contributed by atoms with Crippen LogP contribution in [0.3, 0.4) is 0 Å². The first-order chi connectivity index (χ1) is 18.6. The van der Waals surface area contributed by atoms with Crippen molar-refractivity contribution >= 4 is 18.0 Å². The second-order valence-corrected chi connectivity index (χ2v) is 9.92. The first-order valence-electron chi connectivity index (χ1n) is 13.4. The Labute approximate surface area is 224 Å². The number of amides is 2. The number of nitrogens with one attached hydrogen (secondary N) is 1. The molecule has 5 rings (SSSR count). The van der Waals surface area contributed by atoms with E-state index in [0.29, 0.717) is 11.3 Å². The molecule has 0 atom stereocenters. The summed E-state index contributed by atoms with van der Waals surface area (Å²) in [4.78, 5) is 29.1. The molecule has 1 fully saturated rings. The summed E-state index contributed by atoms with van der Waals surface area (Å²) in [6, 6.07) is 23.6. The third-order valence-electron chi connectivity index (χ3n) is 7.16. The Morgan fingerprint density at radius 2 is 1.61 bits per heavy atom. The number of carbonyl (C=O) groups excluding carboxylic acids is 2. The third kappa shape index (κ3) is 6.86. The molecule has 1 saturated heterocycles. The van der Waals surface area contributed by atoms with Gasteiger partial charge in [-0.25, -0.2) is 5.43 Å². The number of piperidine rings is 1. The van der Waals surface area contributed by atoms with E-state index in [0.717, 1.165) is 57.5 Å². The minimum absolute atomic E-state index is 0.0309. The molecule has 3 aromatic rings. The van der Waals surface area contributed by atoms with Crippen LogP contribution >= 0.6 is 0 Å². The van der Waals surface area contributed by atoms with E-state index in [2.05, 4.69) is 39.7 Å². The Hall–Kier alpha value is -3.97. The molecule has 0 aromatic heterocycles. The molecule has 1 N–H and O–H groups in total. The number of likely N-dealkylation sites (tertiary alicyclic amines) is 1. The van der Waals surface area contributed by atoms with E-state index in [1.54, 1.807) is 18.3 Å². The Morgan fingerprint density at radius 3 is 2.37 bits per heavy atom. The highest BCUT2D eigenvalue weighted by Gasteiger charge is 2.17. The molecule has 3 aromatic carbocycles. The molecule has 0 saturated carbocycles. The third-order valence-corrected chi connectivity index (χ3v) is 7.16. The molecule has 0 spiro atoms. The van der Waals surface area contributed by atoms with Crippen LogP contribution in [0.5, 0.6) is 5.75 Å². The van der Waals surface area contributed by atoms with Gasteiger partial charge in [0.2, 0.25) is 0 Å². The number of carbonyl (C=O) groups is 2. The molecular weight excluding hydrogens is 476 g/mol. The van der Waals surface area contributed by atoms with Gasteiger partial charge in [0.15, 0.2) is 6.61 Å². The maximum Gasteiger partial charge on any atom is 0.271 e. The first kappa shape index (κ1) is 25.7. The molecule has 0 radical (unpaired) electrons. The van der Waals surface area contributed by atoms with Gasteiger partial charge in [0.05, 0.1) is 6.21 Å². The molecular formula is C31H34N4O3. The van der Waals surface area contributed by atoms with E-state index in [1.807, 2.05) is 41.3 Å². The smallest absolute Gasteiger partial charge is 0.271 e. The van der Waals surface area contributed by atoms with Gasteiger partial charge in [0.25, 0.3) is 11.8 Å². The fraction of sp³-hybridized carbons (Fsp3) is 0.323. The first-order valence-corrected chi connectivity index (χ1v) is 13.4. The maximum absolute atomic E-state index is 12.5. The fourth-order valence-electron chi connectivity index (χ4n) is 4.97. The Balaban J connectivity index is 1.06. The van der Waals surface area contributed by atoms with Crippen molar-refractivity contribution in [1.29, 1.82) is 0 Å². The minimum atomic E-state index is -0.254. The molecule has 196 valence electrons. The summed E-state index contributed by atoms with van der Waals surface area (Å²) >= 11 is 0. The van der Waals surface area contributed by atoms with Crippen molar-refractivity contribution in [1.82, 2.24) is 15.2 Å². The standard InChI is InChI=1S/C31H34N4O3/c36-30(35-17-4-1-5-18-35)23-38-29-14-10-24(11-15-29)20-32-33-31(37)27-12-8-25(9-13-27)21-34-19-16-26-6-2-3-7-28(26)22-34/h2-3,6-15,20H,1,4-5,16-19,21-23H2,(H,33,37)/b32-20+. The summed E-state index contributed by atoms with van der Waals surface area (Å²) in [7, 11) is 0. The van der Waals surface area contributed by atoms with E-state index < -0.39 is 0 Å². The van der Waals surface area contributed by atoms with E-state index in [-0.39, 0.29) is 18.4 Å². The van der Waals surface area contributed by atoms with Crippen LogP contribution in [0.1, 0.15) is 51.9 Å². The molecule has 0 bridgehead atoms. The van der Waals surface area contributed by atoms with Crippen LogP contribution in [-0.2, 0) is 24.3 Å².